The van der Waals surface area contributed by atoms with Crippen LogP contribution in [0.15, 0.2) is 47.5 Å². The van der Waals surface area contributed by atoms with E-state index in [1.165, 1.54) is 6.07 Å². The predicted molar refractivity (Wildman–Crippen MR) is 87.9 cm³/mol. The summed E-state index contributed by atoms with van der Waals surface area (Å²) in [7, 11) is -2.18. The molecule has 23 heavy (non-hydrogen) atoms. The number of sulfonamides is 1. The molecule has 0 aliphatic carbocycles. The first kappa shape index (κ1) is 15.8. The van der Waals surface area contributed by atoms with Gasteiger partial charge in [-0.1, -0.05) is 12.1 Å². The van der Waals surface area contributed by atoms with Gasteiger partial charge in [0.15, 0.2) is 0 Å². The number of nitrogens with two attached hydrogens (primary N) is 1. The van der Waals surface area contributed by atoms with E-state index in [1.807, 2.05) is 29.2 Å². The summed E-state index contributed by atoms with van der Waals surface area (Å²) >= 11 is 0. The van der Waals surface area contributed by atoms with E-state index in [9.17, 15) is 8.42 Å². The van der Waals surface area contributed by atoms with Crippen molar-refractivity contribution in [1.82, 2.24) is 4.98 Å². The van der Waals surface area contributed by atoms with Gasteiger partial charge in [-0.25, -0.2) is 18.5 Å². The lowest BCUT2D eigenvalue weighted by Crippen LogP contribution is -2.27. The second kappa shape index (κ2) is 6.17. The van der Waals surface area contributed by atoms with Gasteiger partial charge in [0.05, 0.1) is 13.2 Å². The Balaban J connectivity index is 1.99. The molecular formula is C16H19N3O3S. The molecule has 3 rings (SSSR count). The lowest BCUT2D eigenvalue weighted by Gasteiger charge is -2.27. The van der Waals surface area contributed by atoms with Crippen LogP contribution in [-0.2, 0) is 10.0 Å². The summed E-state index contributed by atoms with van der Waals surface area (Å²) < 4.78 is 28.8. The summed E-state index contributed by atoms with van der Waals surface area (Å²) in [6, 6.07) is 11.0. The van der Waals surface area contributed by atoms with Gasteiger partial charge in [0, 0.05) is 12.7 Å². The Labute approximate surface area is 136 Å². The normalized spacial score (nSPS) is 18.2. The number of benzene rings is 1. The number of primary sulfonamides is 1. The third-order valence-electron chi connectivity index (χ3n) is 4.08. The van der Waals surface area contributed by atoms with Crippen LogP contribution in [0.2, 0.25) is 0 Å². The van der Waals surface area contributed by atoms with E-state index in [-0.39, 0.29) is 10.9 Å². The Morgan fingerprint density at radius 1 is 1.26 bits per heavy atom. The van der Waals surface area contributed by atoms with E-state index in [4.69, 9.17) is 9.88 Å². The molecule has 2 aromatic rings. The molecule has 2 N–H and O–H groups in total. The smallest absolute Gasteiger partial charge is 0.241 e. The van der Waals surface area contributed by atoms with Crippen LogP contribution in [0.1, 0.15) is 24.4 Å². The minimum Gasteiger partial charge on any atom is -0.497 e. The molecule has 1 aliphatic heterocycles. The number of nitrogens with zero attached hydrogens (tertiary/aromatic N) is 2. The Morgan fingerprint density at radius 3 is 2.65 bits per heavy atom. The summed E-state index contributed by atoms with van der Waals surface area (Å²) in [6.07, 6.45) is 3.50. The van der Waals surface area contributed by atoms with Gasteiger partial charge in [0.25, 0.3) is 0 Å². The number of hydrogen-bond donors (Lipinski definition) is 1. The second-order valence-electron chi connectivity index (χ2n) is 5.49. The van der Waals surface area contributed by atoms with Crippen LogP contribution in [0.25, 0.3) is 0 Å². The average molecular weight is 333 g/mol. The van der Waals surface area contributed by atoms with Gasteiger partial charge in [-0.05, 0) is 42.7 Å². The number of ether oxygens (including phenoxy) is 1. The van der Waals surface area contributed by atoms with Crippen molar-refractivity contribution in [3.63, 3.8) is 0 Å². The van der Waals surface area contributed by atoms with E-state index >= 15 is 0 Å². The van der Waals surface area contributed by atoms with Gasteiger partial charge in [-0.2, -0.15) is 0 Å². The highest BCUT2D eigenvalue weighted by atomic mass is 32.2. The molecule has 0 saturated carbocycles. The first-order valence-electron chi connectivity index (χ1n) is 7.39. The highest BCUT2D eigenvalue weighted by Crippen LogP contribution is 2.37. The first-order chi connectivity index (χ1) is 11.0. The van der Waals surface area contributed by atoms with Gasteiger partial charge in [-0.3, -0.25) is 0 Å². The monoisotopic (exact) mass is 333 g/mol. The van der Waals surface area contributed by atoms with Crippen molar-refractivity contribution in [2.75, 3.05) is 18.6 Å². The zero-order valence-electron chi connectivity index (χ0n) is 12.8. The summed E-state index contributed by atoms with van der Waals surface area (Å²) in [5.74, 6) is 1.22. The minimum atomic E-state index is -3.81. The van der Waals surface area contributed by atoms with Crippen molar-refractivity contribution >= 4 is 15.8 Å². The van der Waals surface area contributed by atoms with Crippen LogP contribution in [0, 0.1) is 0 Å². The molecule has 6 nitrogen and oxygen atoms in total. The van der Waals surface area contributed by atoms with Crippen molar-refractivity contribution in [2.24, 2.45) is 5.14 Å². The molecule has 0 radical (unpaired) electrons. The topological polar surface area (TPSA) is 85.5 Å². The number of pyridine rings is 1. The van der Waals surface area contributed by atoms with Crippen molar-refractivity contribution in [3.05, 3.63) is 48.2 Å². The molecule has 0 amide bonds. The molecule has 1 aliphatic rings. The predicted octanol–water partition coefficient (Wildman–Crippen LogP) is 2.08. The molecule has 1 fully saturated rings. The van der Waals surface area contributed by atoms with Crippen molar-refractivity contribution in [3.8, 4) is 5.75 Å². The van der Waals surface area contributed by atoms with Crippen LogP contribution in [0.4, 0.5) is 5.82 Å². The first-order valence-corrected chi connectivity index (χ1v) is 8.94. The fraction of sp³-hybridized carbons (Fsp3) is 0.312. The van der Waals surface area contributed by atoms with Gasteiger partial charge >= 0.3 is 0 Å². The van der Waals surface area contributed by atoms with Gasteiger partial charge in [0.1, 0.15) is 16.5 Å². The Hall–Kier alpha value is -2.12. The maximum atomic E-state index is 11.8. The lowest BCUT2D eigenvalue weighted by molar-refractivity contribution is 0.414. The molecule has 0 bridgehead atoms. The number of methoxy groups -OCH3 is 1. The van der Waals surface area contributed by atoms with Gasteiger partial charge in [0.2, 0.25) is 10.0 Å². The maximum Gasteiger partial charge on any atom is 0.241 e. The van der Waals surface area contributed by atoms with Crippen LogP contribution >= 0.6 is 0 Å². The molecule has 1 aromatic heterocycles. The van der Waals surface area contributed by atoms with E-state index in [0.717, 1.165) is 30.7 Å². The molecule has 0 unspecified atom stereocenters. The summed E-state index contributed by atoms with van der Waals surface area (Å²) in [5, 5.41) is 5.34. The SMILES string of the molecule is COc1ccc([C@@H]2CCCN2c2ncccc2S(N)(=O)=O)cc1. The third kappa shape index (κ3) is 3.16. The molecular weight excluding hydrogens is 314 g/mol. The van der Waals surface area contributed by atoms with Crippen LogP contribution in [0.3, 0.4) is 0 Å². The second-order valence-corrected chi connectivity index (χ2v) is 7.02. The molecule has 1 saturated heterocycles. The van der Waals surface area contributed by atoms with Crippen LogP contribution in [0.5, 0.6) is 5.75 Å². The zero-order valence-corrected chi connectivity index (χ0v) is 13.7. The lowest BCUT2D eigenvalue weighted by atomic mass is 10.0. The fourth-order valence-corrected chi connectivity index (χ4v) is 3.71. The molecule has 7 heteroatoms. The van der Waals surface area contributed by atoms with Crippen LogP contribution < -0.4 is 14.8 Å². The summed E-state index contributed by atoms with van der Waals surface area (Å²) in [4.78, 5) is 6.36. The average Bonchev–Trinajstić information content (AvgIpc) is 3.03. The molecule has 1 atom stereocenters. The van der Waals surface area contributed by atoms with Crippen molar-refractivity contribution < 1.29 is 13.2 Å². The van der Waals surface area contributed by atoms with Gasteiger partial charge in [-0.15, -0.1) is 0 Å². The zero-order chi connectivity index (χ0) is 16.4. The number of anilines is 1. The fourth-order valence-electron chi connectivity index (χ4n) is 3.01. The number of hydrogen-bond acceptors (Lipinski definition) is 5. The highest BCUT2D eigenvalue weighted by Gasteiger charge is 2.30. The largest absolute Gasteiger partial charge is 0.497 e. The highest BCUT2D eigenvalue weighted by molar-refractivity contribution is 7.89. The van der Waals surface area contributed by atoms with E-state index < -0.39 is 10.0 Å². The quantitative estimate of drug-likeness (QED) is 0.926. The number of rotatable bonds is 4. The summed E-state index contributed by atoms with van der Waals surface area (Å²) in [6.45, 7) is 0.746. The van der Waals surface area contributed by atoms with E-state index in [0.29, 0.717) is 5.82 Å². The van der Waals surface area contributed by atoms with E-state index in [2.05, 4.69) is 4.98 Å². The van der Waals surface area contributed by atoms with Crippen molar-refractivity contribution in [1.29, 1.82) is 0 Å². The summed E-state index contributed by atoms with van der Waals surface area (Å²) in [5.41, 5.74) is 1.11. The van der Waals surface area contributed by atoms with E-state index in [1.54, 1.807) is 19.4 Å². The third-order valence-corrected chi connectivity index (χ3v) is 5.01. The van der Waals surface area contributed by atoms with Crippen LogP contribution in [-0.4, -0.2) is 27.1 Å². The van der Waals surface area contributed by atoms with Crippen molar-refractivity contribution in [2.45, 2.75) is 23.8 Å². The van der Waals surface area contributed by atoms with Gasteiger partial charge < -0.3 is 9.64 Å². The molecule has 1 aromatic carbocycles. The molecule has 0 spiro atoms. The maximum absolute atomic E-state index is 11.8. The Bertz CT molecular complexity index is 790. The minimum absolute atomic E-state index is 0.0698. The molecule has 122 valence electrons. The number of aromatic nitrogens is 1. The Morgan fingerprint density at radius 2 is 2.00 bits per heavy atom. The Kier molecular flexibility index (Phi) is 4.23. The standard InChI is InChI=1S/C16H19N3O3S/c1-22-13-8-6-12(7-9-13)14-4-3-11-19(14)16-15(23(17,20)21)5-2-10-18-16/h2,5-10,14H,3-4,11H2,1H3,(H2,17,20,21)/t14-/m0/s1. The molecule has 2 heterocycles.